The van der Waals surface area contributed by atoms with Gasteiger partial charge in [0.05, 0.1) is 15.5 Å². The smallest absolute Gasteiger partial charge is 0.258 e. The number of para-hydroxylation sites is 2. The Morgan fingerprint density at radius 2 is 1.68 bits per heavy atom. The molecule has 0 spiro atoms. The number of halogens is 2. The van der Waals surface area contributed by atoms with Crippen molar-refractivity contribution < 1.29 is 14.3 Å². The van der Waals surface area contributed by atoms with Crippen LogP contribution in [0.25, 0.3) is 0 Å². The number of ether oxygens (including phenoxy) is 1. The topological polar surface area (TPSA) is 67.4 Å². The zero-order valence-electron chi connectivity index (χ0n) is 13.6. The minimum absolute atomic E-state index is 0.114. The van der Waals surface area contributed by atoms with E-state index in [0.717, 1.165) is 26.6 Å². The van der Waals surface area contributed by atoms with E-state index in [-0.39, 0.29) is 25.0 Å². The number of rotatable bonds is 7. The number of anilines is 1. The number of benzene rings is 2. The Bertz CT molecular complexity index is 745. The van der Waals surface area contributed by atoms with E-state index < -0.39 is 0 Å². The zero-order chi connectivity index (χ0) is 18.2. The van der Waals surface area contributed by atoms with Crippen molar-refractivity contribution in [1.82, 2.24) is 5.32 Å². The van der Waals surface area contributed by atoms with Gasteiger partial charge in [-0.1, -0.05) is 31.2 Å². The van der Waals surface area contributed by atoms with Crippen LogP contribution in [-0.4, -0.2) is 25.0 Å². The van der Waals surface area contributed by atoms with Crippen LogP contribution in [0.4, 0.5) is 5.69 Å². The highest BCUT2D eigenvalue weighted by molar-refractivity contribution is 9.11. The summed E-state index contributed by atoms with van der Waals surface area (Å²) in [6, 6.07) is 13.1. The maximum absolute atomic E-state index is 12.0. The Hall–Kier alpha value is -1.86. The molecule has 0 aliphatic carbocycles. The van der Waals surface area contributed by atoms with Gasteiger partial charge in [0.15, 0.2) is 6.61 Å². The van der Waals surface area contributed by atoms with Gasteiger partial charge in [0.2, 0.25) is 5.91 Å². The summed E-state index contributed by atoms with van der Waals surface area (Å²) in [7, 11) is 0. The first kappa shape index (κ1) is 19.5. The lowest BCUT2D eigenvalue weighted by molar-refractivity contribution is -0.125. The second kappa shape index (κ2) is 9.58. The van der Waals surface area contributed by atoms with Crippen LogP contribution in [0, 0.1) is 0 Å². The quantitative estimate of drug-likeness (QED) is 0.646. The largest absolute Gasteiger partial charge is 0.481 e. The Balaban J connectivity index is 1.80. The zero-order valence-corrected chi connectivity index (χ0v) is 16.8. The van der Waals surface area contributed by atoms with Crippen LogP contribution >= 0.6 is 31.9 Å². The maximum Gasteiger partial charge on any atom is 0.258 e. The predicted molar refractivity (Wildman–Crippen MR) is 105 cm³/mol. The number of hydrogen-bond acceptors (Lipinski definition) is 3. The van der Waals surface area contributed by atoms with E-state index in [0.29, 0.717) is 5.75 Å². The fraction of sp³-hybridized carbons (Fsp3) is 0.222. The van der Waals surface area contributed by atoms with Gasteiger partial charge in [0.25, 0.3) is 5.91 Å². The molecular formula is C18H18Br2N2O3. The molecule has 2 aromatic carbocycles. The van der Waals surface area contributed by atoms with E-state index >= 15 is 0 Å². The summed E-state index contributed by atoms with van der Waals surface area (Å²) in [6.07, 6.45) is 0.817. The van der Waals surface area contributed by atoms with Crippen LogP contribution in [0.15, 0.2) is 51.4 Å². The van der Waals surface area contributed by atoms with Crippen molar-refractivity contribution in [2.75, 3.05) is 18.5 Å². The molecule has 2 rings (SSSR count). The standard InChI is InChI=1S/C18H18Br2N2O3/c1-2-12-6-3-4-9-15(12)22-16(23)10-21-17(24)11-25-18-13(19)7-5-8-14(18)20/h3-9H,2,10-11H2,1H3,(H,21,24)(H,22,23). The molecular weight excluding hydrogens is 452 g/mol. The van der Waals surface area contributed by atoms with Gasteiger partial charge < -0.3 is 15.4 Å². The fourth-order valence-electron chi connectivity index (χ4n) is 2.13. The van der Waals surface area contributed by atoms with Crippen molar-refractivity contribution in [2.45, 2.75) is 13.3 Å². The Labute approximate surface area is 163 Å². The molecule has 0 atom stereocenters. The second-order valence-electron chi connectivity index (χ2n) is 5.18. The average Bonchev–Trinajstić information content (AvgIpc) is 2.60. The van der Waals surface area contributed by atoms with Gasteiger partial charge in [0.1, 0.15) is 5.75 Å². The van der Waals surface area contributed by atoms with E-state index in [1.165, 1.54) is 0 Å². The summed E-state index contributed by atoms with van der Waals surface area (Å²) in [5, 5.41) is 5.34. The van der Waals surface area contributed by atoms with Crippen molar-refractivity contribution >= 4 is 49.4 Å². The minimum atomic E-state index is -0.374. The Morgan fingerprint density at radius 1 is 1.00 bits per heavy atom. The summed E-state index contributed by atoms with van der Waals surface area (Å²) < 4.78 is 6.96. The number of nitrogens with one attached hydrogen (secondary N) is 2. The first-order valence-electron chi connectivity index (χ1n) is 7.72. The minimum Gasteiger partial charge on any atom is -0.481 e. The molecule has 0 saturated heterocycles. The monoisotopic (exact) mass is 468 g/mol. The normalized spacial score (nSPS) is 10.2. The molecule has 0 bridgehead atoms. The van der Waals surface area contributed by atoms with Crippen LogP contribution in [0.2, 0.25) is 0 Å². The molecule has 0 heterocycles. The van der Waals surface area contributed by atoms with E-state index in [1.54, 1.807) is 0 Å². The lowest BCUT2D eigenvalue weighted by Gasteiger charge is -2.12. The molecule has 0 aromatic heterocycles. The van der Waals surface area contributed by atoms with Crippen LogP contribution < -0.4 is 15.4 Å². The Kier molecular flexibility index (Phi) is 7.46. The number of carbonyl (C=O) groups is 2. The summed E-state index contributed by atoms with van der Waals surface area (Å²) in [5.41, 5.74) is 1.81. The molecule has 5 nitrogen and oxygen atoms in total. The summed E-state index contributed by atoms with van der Waals surface area (Å²) >= 11 is 6.72. The summed E-state index contributed by atoms with van der Waals surface area (Å²) in [5.74, 6) is -0.114. The van der Waals surface area contributed by atoms with E-state index in [2.05, 4.69) is 42.5 Å². The van der Waals surface area contributed by atoms with E-state index in [9.17, 15) is 9.59 Å². The molecule has 2 amide bonds. The van der Waals surface area contributed by atoms with Crippen LogP contribution in [0.5, 0.6) is 5.75 Å². The van der Waals surface area contributed by atoms with Gasteiger partial charge in [-0.05, 0) is 62.0 Å². The van der Waals surface area contributed by atoms with Crippen molar-refractivity contribution in [3.05, 3.63) is 57.0 Å². The second-order valence-corrected chi connectivity index (χ2v) is 6.88. The molecule has 25 heavy (non-hydrogen) atoms. The number of hydrogen-bond donors (Lipinski definition) is 2. The fourth-order valence-corrected chi connectivity index (χ4v) is 3.36. The first-order chi connectivity index (χ1) is 12.0. The van der Waals surface area contributed by atoms with E-state index in [1.807, 2.05) is 49.4 Å². The molecule has 2 N–H and O–H groups in total. The number of carbonyl (C=O) groups excluding carboxylic acids is 2. The molecule has 0 fully saturated rings. The van der Waals surface area contributed by atoms with Gasteiger partial charge in [-0.25, -0.2) is 0 Å². The Morgan fingerprint density at radius 3 is 2.36 bits per heavy atom. The van der Waals surface area contributed by atoms with Crippen LogP contribution in [0.1, 0.15) is 12.5 Å². The molecule has 132 valence electrons. The molecule has 0 aliphatic rings. The third-order valence-corrected chi connectivity index (χ3v) is 4.63. The number of amides is 2. The third kappa shape index (κ3) is 5.86. The van der Waals surface area contributed by atoms with Gasteiger partial charge in [-0.2, -0.15) is 0 Å². The lowest BCUT2D eigenvalue weighted by Crippen LogP contribution is -2.36. The molecule has 7 heteroatoms. The van der Waals surface area contributed by atoms with Crippen LogP contribution in [0.3, 0.4) is 0 Å². The predicted octanol–water partition coefficient (Wildman–Crippen LogP) is 3.91. The summed E-state index contributed by atoms with van der Waals surface area (Å²) in [6.45, 7) is 1.72. The van der Waals surface area contributed by atoms with Crippen molar-refractivity contribution in [2.24, 2.45) is 0 Å². The van der Waals surface area contributed by atoms with Crippen molar-refractivity contribution in [1.29, 1.82) is 0 Å². The molecule has 0 aliphatic heterocycles. The molecule has 0 saturated carbocycles. The van der Waals surface area contributed by atoms with Crippen molar-refractivity contribution in [3.63, 3.8) is 0 Å². The highest BCUT2D eigenvalue weighted by Gasteiger charge is 2.11. The highest BCUT2D eigenvalue weighted by atomic mass is 79.9. The van der Waals surface area contributed by atoms with E-state index in [4.69, 9.17) is 4.74 Å². The highest BCUT2D eigenvalue weighted by Crippen LogP contribution is 2.32. The van der Waals surface area contributed by atoms with Gasteiger partial charge >= 0.3 is 0 Å². The van der Waals surface area contributed by atoms with Crippen molar-refractivity contribution in [3.8, 4) is 5.75 Å². The summed E-state index contributed by atoms with van der Waals surface area (Å²) in [4.78, 5) is 23.9. The third-order valence-electron chi connectivity index (χ3n) is 3.39. The maximum atomic E-state index is 12.0. The first-order valence-corrected chi connectivity index (χ1v) is 9.31. The average molecular weight is 470 g/mol. The SMILES string of the molecule is CCc1ccccc1NC(=O)CNC(=O)COc1c(Br)cccc1Br. The molecule has 0 radical (unpaired) electrons. The molecule has 0 unspecified atom stereocenters. The number of aryl methyl sites for hydroxylation is 1. The molecule has 2 aromatic rings. The van der Waals surface area contributed by atoms with Gasteiger partial charge in [0, 0.05) is 5.69 Å². The van der Waals surface area contributed by atoms with Crippen LogP contribution in [-0.2, 0) is 16.0 Å². The lowest BCUT2D eigenvalue weighted by atomic mass is 10.1. The van der Waals surface area contributed by atoms with Gasteiger partial charge in [-0.3, -0.25) is 9.59 Å². The van der Waals surface area contributed by atoms with Gasteiger partial charge in [-0.15, -0.1) is 0 Å².